The van der Waals surface area contributed by atoms with Gasteiger partial charge in [0.25, 0.3) is 0 Å². The van der Waals surface area contributed by atoms with Crippen molar-refractivity contribution in [3.63, 3.8) is 0 Å². The maximum Gasteiger partial charge on any atom is 0.167 e. The Balaban J connectivity index is 1.34. The number of rotatable bonds is 9. The van der Waals surface area contributed by atoms with E-state index in [0.29, 0.717) is 51.8 Å². The van der Waals surface area contributed by atoms with Crippen LogP contribution in [0.15, 0.2) is 177 Å². The molecule has 3 aliphatic rings. The van der Waals surface area contributed by atoms with Crippen LogP contribution in [0, 0.1) is 0 Å². The summed E-state index contributed by atoms with van der Waals surface area (Å²) in [5.74, 6) is 5.00. The highest BCUT2D eigenvalue weighted by molar-refractivity contribution is 5.96. The van der Waals surface area contributed by atoms with Gasteiger partial charge in [-0.25, -0.2) is 9.97 Å². The molecular formula is C45H36N6O3. The molecule has 3 atom stereocenters. The van der Waals surface area contributed by atoms with E-state index in [9.17, 15) is 0 Å². The van der Waals surface area contributed by atoms with Crippen LogP contribution in [0.1, 0.15) is 11.9 Å². The van der Waals surface area contributed by atoms with Crippen molar-refractivity contribution in [3.8, 4) is 28.7 Å². The molecule has 264 valence electrons. The normalized spacial score (nSPS) is 17.0. The first-order valence-electron chi connectivity index (χ1n) is 17.8. The Labute approximate surface area is 313 Å². The molecule has 0 radical (unpaired) electrons. The molecule has 1 aromatic heterocycles. The Morgan fingerprint density at radius 1 is 0.722 bits per heavy atom. The third-order valence-electron chi connectivity index (χ3n) is 9.37. The quantitative estimate of drug-likeness (QED) is 0.142. The van der Waals surface area contributed by atoms with Gasteiger partial charge in [0, 0.05) is 0 Å². The van der Waals surface area contributed by atoms with Crippen LogP contribution in [0.4, 0.5) is 40.1 Å². The lowest BCUT2D eigenvalue weighted by Gasteiger charge is -2.43. The molecule has 3 N–H and O–H groups in total. The number of fused-ring (bicyclic) bond motifs is 4. The van der Waals surface area contributed by atoms with Crippen LogP contribution in [0.5, 0.6) is 28.7 Å². The summed E-state index contributed by atoms with van der Waals surface area (Å²) in [6, 6.07) is 40.5. The lowest BCUT2D eigenvalue weighted by molar-refractivity contribution is 0.217. The second kappa shape index (κ2) is 14.1. The zero-order chi connectivity index (χ0) is 36.4. The molecule has 9 rings (SSSR count). The summed E-state index contributed by atoms with van der Waals surface area (Å²) in [6.45, 7) is 3.86. The van der Waals surface area contributed by atoms with Crippen molar-refractivity contribution in [1.29, 1.82) is 0 Å². The van der Waals surface area contributed by atoms with Gasteiger partial charge in [-0.1, -0.05) is 110 Å². The smallest absolute Gasteiger partial charge is 0.167 e. The molecule has 3 heterocycles. The highest BCUT2D eigenvalue weighted by Gasteiger charge is 2.39. The van der Waals surface area contributed by atoms with Gasteiger partial charge in [0.05, 0.1) is 34.8 Å². The minimum absolute atomic E-state index is 0.249. The molecule has 1 aliphatic carbocycles. The third-order valence-corrected chi connectivity index (χ3v) is 9.37. The van der Waals surface area contributed by atoms with Crippen molar-refractivity contribution in [2.75, 3.05) is 15.1 Å². The second-order valence-corrected chi connectivity index (χ2v) is 12.8. The van der Waals surface area contributed by atoms with Gasteiger partial charge in [-0.3, -0.25) is 4.90 Å². The van der Waals surface area contributed by atoms with Gasteiger partial charge >= 0.3 is 0 Å². The van der Waals surface area contributed by atoms with E-state index in [1.165, 1.54) is 0 Å². The number of nitrogens with zero attached hydrogens (tertiary/aromatic N) is 4. The summed E-state index contributed by atoms with van der Waals surface area (Å²) in [5.41, 5.74) is 10.7. The van der Waals surface area contributed by atoms with Crippen LogP contribution in [-0.2, 0) is 0 Å². The van der Waals surface area contributed by atoms with Crippen molar-refractivity contribution in [2.24, 2.45) is 5.73 Å². The van der Waals surface area contributed by atoms with E-state index >= 15 is 0 Å². The van der Waals surface area contributed by atoms with Crippen molar-refractivity contribution in [1.82, 2.24) is 9.97 Å². The number of nitrogens with one attached hydrogen (secondary N) is 1. The zero-order valence-electron chi connectivity index (χ0n) is 29.2. The highest BCUT2D eigenvalue weighted by atomic mass is 16.5. The maximum absolute atomic E-state index is 6.89. The SMILES string of the molecule is C=C/C=C\C(N)c1nc(N2c3ccccc3Oc3ccccc32)c(Nc2ccccc2Oc2ccccc2)c(N2c3ccccc3OC3C=CC=CC32)n1. The summed E-state index contributed by atoms with van der Waals surface area (Å²) < 4.78 is 19.5. The van der Waals surface area contributed by atoms with Gasteiger partial charge < -0.3 is 30.2 Å². The van der Waals surface area contributed by atoms with E-state index in [1.807, 2.05) is 152 Å². The molecule has 0 saturated heterocycles. The van der Waals surface area contributed by atoms with Crippen LogP contribution in [0.2, 0.25) is 0 Å². The molecule has 2 aliphatic heterocycles. The Kier molecular flexibility index (Phi) is 8.58. The van der Waals surface area contributed by atoms with Crippen molar-refractivity contribution >= 4 is 40.1 Å². The molecule has 54 heavy (non-hydrogen) atoms. The first-order chi connectivity index (χ1) is 26.7. The molecule has 5 aromatic carbocycles. The fourth-order valence-electron chi connectivity index (χ4n) is 6.91. The molecule has 0 spiro atoms. The predicted octanol–water partition coefficient (Wildman–Crippen LogP) is 10.7. The fourth-order valence-corrected chi connectivity index (χ4v) is 6.91. The fraction of sp³-hybridized carbons (Fsp3) is 0.0667. The monoisotopic (exact) mass is 708 g/mol. The van der Waals surface area contributed by atoms with Crippen LogP contribution < -0.4 is 35.1 Å². The molecule has 0 saturated carbocycles. The highest BCUT2D eigenvalue weighted by Crippen LogP contribution is 2.54. The Morgan fingerprint density at radius 2 is 1.35 bits per heavy atom. The van der Waals surface area contributed by atoms with E-state index in [-0.39, 0.29) is 12.1 Å². The van der Waals surface area contributed by atoms with Crippen molar-refractivity contribution in [3.05, 3.63) is 182 Å². The minimum atomic E-state index is -0.663. The van der Waals surface area contributed by atoms with E-state index < -0.39 is 6.04 Å². The second-order valence-electron chi connectivity index (χ2n) is 12.8. The number of hydrogen-bond donors (Lipinski definition) is 2. The molecule has 3 unspecified atom stereocenters. The van der Waals surface area contributed by atoms with Crippen LogP contribution in [0.3, 0.4) is 0 Å². The number of allylic oxidation sites excluding steroid dienone is 4. The number of ether oxygens (including phenoxy) is 3. The predicted molar refractivity (Wildman–Crippen MR) is 214 cm³/mol. The standard InChI is InChI=1S/C45H36N6O3/c1-2-3-19-31(46)43-48-44(50-33-21-8-13-26-38(33)53-39-27-14-9-22-34(39)50)42(47-32-20-7-12-25-37(32)52-30-17-5-4-6-18-30)45(49-43)51-35-23-10-15-28-40(35)54-41-29-16-11-24-36(41)51/h2-29,31,33,38,47H,1,46H2/b19-3-. The number of hydrogen-bond acceptors (Lipinski definition) is 9. The number of benzene rings is 5. The van der Waals surface area contributed by atoms with E-state index in [2.05, 4.69) is 33.8 Å². The van der Waals surface area contributed by atoms with Gasteiger partial charge in [0.15, 0.2) is 34.7 Å². The van der Waals surface area contributed by atoms with E-state index in [4.69, 9.17) is 29.9 Å². The molecular weight excluding hydrogens is 673 g/mol. The average Bonchev–Trinajstić information content (AvgIpc) is 3.22. The van der Waals surface area contributed by atoms with E-state index in [0.717, 1.165) is 22.8 Å². The first-order valence-corrected chi connectivity index (χ1v) is 17.8. The molecule has 0 bridgehead atoms. The van der Waals surface area contributed by atoms with Crippen molar-refractivity contribution < 1.29 is 14.2 Å². The van der Waals surface area contributed by atoms with Gasteiger partial charge in [0.1, 0.15) is 23.3 Å². The molecule has 9 heteroatoms. The largest absolute Gasteiger partial charge is 0.482 e. The van der Waals surface area contributed by atoms with Gasteiger partial charge in [-0.15, -0.1) is 0 Å². The van der Waals surface area contributed by atoms with Crippen LogP contribution in [-0.4, -0.2) is 22.1 Å². The maximum atomic E-state index is 6.89. The van der Waals surface area contributed by atoms with Crippen LogP contribution >= 0.6 is 0 Å². The van der Waals surface area contributed by atoms with Crippen LogP contribution in [0.25, 0.3) is 0 Å². The topological polar surface area (TPSA) is 98.0 Å². The molecule has 0 amide bonds. The summed E-state index contributed by atoms with van der Waals surface area (Å²) >= 11 is 0. The lowest BCUT2D eigenvalue weighted by atomic mass is 9.99. The summed E-state index contributed by atoms with van der Waals surface area (Å²) in [6.07, 6.45) is 13.3. The van der Waals surface area contributed by atoms with E-state index in [1.54, 1.807) is 6.08 Å². The first kappa shape index (κ1) is 32.8. The number of para-hydroxylation sites is 9. The summed E-state index contributed by atoms with van der Waals surface area (Å²) in [7, 11) is 0. The number of aromatic nitrogens is 2. The Morgan fingerprint density at radius 3 is 2.11 bits per heavy atom. The lowest BCUT2D eigenvalue weighted by Crippen LogP contribution is -2.46. The van der Waals surface area contributed by atoms with Gasteiger partial charge in [-0.2, -0.15) is 0 Å². The minimum Gasteiger partial charge on any atom is -0.482 e. The van der Waals surface area contributed by atoms with Gasteiger partial charge in [-0.05, 0) is 66.7 Å². The van der Waals surface area contributed by atoms with Gasteiger partial charge in [0.2, 0.25) is 0 Å². The Bertz CT molecular complexity index is 2400. The summed E-state index contributed by atoms with van der Waals surface area (Å²) in [4.78, 5) is 15.0. The third kappa shape index (κ3) is 6.02. The Hall–Kier alpha value is -7.10. The number of anilines is 7. The summed E-state index contributed by atoms with van der Waals surface area (Å²) in [5, 5.41) is 3.79. The average molecular weight is 709 g/mol. The zero-order valence-corrected chi connectivity index (χ0v) is 29.2. The van der Waals surface area contributed by atoms with Crippen molar-refractivity contribution in [2.45, 2.75) is 18.2 Å². The number of nitrogens with two attached hydrogens (primary N) is 1. The molecule has 0 fully saturated rings. The molecule has 6 aromatic rings. The molecule has 9 nitrogen and oxygen atoms in total.